The summed E-state index contributed by atoms with van der Waals surface area (Å²) < 4.78 is 12.7. The van der Waals surface area contributed by atoms with Crippen LogP contribution in [-0.4, -0.2) is 44.7 Å². The third-order valence-electron chi connectivity index (χ3n) is 6.73. The highest BCUT2D eigenvalue weighted by Crippen LogP contribution is 2.32. The van der Waals surface area contributed by atoms with E-state index in [4.69, 9.17) is 14.5 Å². The van der Waals surface area contributed by atoms with E-state index in [-0.39, 0.29) is 5.91 Å². The standard InChI is InChI=1S/C31H27N7O3/c1-19-13-23(7-9-25(19)22-16-33-34-17-22)36-31(39)21-6-4-5-20(14-21)26-18-38-12-11-32-30(38)29(37-26)35-24-8-10-27(40-2)28(15-24)41-3/h4-18H,1-3H3,(H,33,34)(H,35,37)(H,36,39). The Hall–Kier alpha value is -5.64. The summed E-state index contributed by atoms with van der Waals surface area (Å²) in [6.45, 7) is 2.00. The van der Waals surface area contributed by atoms with Gasteiger partial charge in [0.1, 0.15) is 0 Å². The minimum Gasteiger partial charge on any atom is -0.493 e. The van der Waals surface area contributed by atoms with Crippen molar-refractivity contribution in [2.24, 2.45) is 0 Å². The number of aryl methyl sites for hydroxylation is 1. The Balaban J connectivity index is 1.27. The second-order valence-electron chi connectivity index (χ2n) is 9.38. The third-order valence-corrected chi connectivity index (χ3v) is 6.73. The van der Waals surface area contributed by atoms with Crippen LogP contribution in [0.4, 0.5) is 17.2 Å². The molecule has 0 radical (unpaired) electrons. The topological polar surface area (TPSA) is 118 Å². The zero-order chi connectivity index (χ0) is 28.3. The number of fused-ring (bicyclic) bond motifs is 1. The molecule has 0 saturated carbocycles. The van der Waals surface area contributed by atoms with Crippen molar-refractivity contribution >= 4 is 28.7 Å². The van der Waals surface area contributed by atoms with E-state index in [1.807, 2.05) is 84.5 Å². The molecule has 3 N–H and O–H groups in total. The van der Waals surface area contributed by atoms with E-state index in [0.717, 1.165) is 27.9 Å². The van der Waals surface area contributed by atoms with Crippen LogP contribution in [0.25, 0.3) is 28.0 Å². The van der Waals surface area contributed by atoms with Crippen LogP contribution >= 0.6 is 0 Å². The average molecular weight is 546 g/mol. The molecule has 1 amide bonds. The number of ether oxygens (including phenoxy) is 2. The first-order chi connectivity index (χ1) is 20.0. The first kappa shape index (κ1) is 25.6. The number of imidazole rings is 1. The van der Waals surface area contributed by atoms with Gasteiger partial charge >= 0.3 is 0 Å². The first-order valence-corrected chi connectivity index (χ1v) is 12.9. The first-order valence-electron chi connectivity index (χ1n) is 12.9. The van der Waals surface area contributed by atoms with Crippen LogP contribution in [0.1, 0.15) is 15.9 Å². The lowest BCUT2D eigenvalue weighted by Crippen LogP contribution is -2.12. The van der Waals surface area contributed by atoms with Crippen LogP contribution < -0.4 is 20.1 Å². The van der Waals surface area contributed by atoms with E-state index < -0.39 is 0 Å². The number of aromatic amines is 1. The Morgan fingerprint density at radius 2 is 1.80 bits per heavy atom. The molecule has 0 saturated heterocycles. The molecule has 0 aliphatic carbocycles. The molecule has 0 bridgehead atoms. The number of aromatic nitrogens is 5. The van der Waals surface area contributed by atoms with E-state index >= 15 is 0 Å². The molecule has 6 aromatic rings. The SMILES string of the molecule is COc1ccc(Nc2nc(-c3cccc(C(=O)Nc4ccc(-c5cn[nH]c5)c(C)c4)c3)cn3ccnc23)cc1OC. The smallest absolute Gasteiger partial charge is 0.255 e. The fourth-order valence-corrected chi connectivity index (χ4v) is 4.69. The fourth-order valence-electron chi connectivity index (χ4n) is 4.69. The maximum absolute atomic E-state index is 13.2. The lowest BCUT2D eigenvalue weighted by molar-refractivity contribution is 0.102. The highest BCUT2D eigenvalue weighted by Gasteiger charge is 2.14. The number of hydrogen-bond donors (Lipinski definition) is 3. The molecule has 0 aliphatic heterocycles. The van der Waals surface area contributed by atoms with Gasteiger partial charge in [-0.05, 0) is 54.4 Å². The molecule has 41 heavy (non-hydrogen) atoms. The summed E-state index contributed by atoms with van der Waals surface area (Å²) in [7, 11) is 3.19. The lowest BCUT2D eigenvalue weighted by Gasteiger charge is -2.13. The quantitative estimate of drug-likeness (QED) is 0.211. The summed E-state index contributed by atoms with van der Waals surface area (Å²) in [4.78, 5) is 22.5. The number of H-pyrrole nitrogens is 1. The zero-order valence-electron chi connectivity index (χ0n) is 22.7. The van der Waals surface area contributed by atoms with Gasteiger partial charge in [-0.25, -0.2) is 9.97 Å². The fraction of sp³-hybridized carbons (Fsp3) is 0.0968. The third kappa shape index (κ3) is 5.18. The average Bonchev–Trinajstić information content (AvgIpc) is 3.70. The number of carbonyl (C=O) groups is 1. The summed E-state index contributed by atoms with van der Waals surface area (Å²) in [6.07, 6.45) is 9.07. The van der Waals surface area contributed by atoms with Gasteiger partial charge in [-0.3, -0.25) is 9.89 Å². The van der Waals surface area contributed by atoms with Crippen LogP contribution in [0.3, 0.4) is 0 Å². The number of nitrogens with zero attached hydrogens (tertiary/aromatic N) is 4. The Morgan fingerprint density at radius 1 is 0.951 bits per heavy atom. The summed E-state index contributed by atoms with van der Waals surface area (Å²) >= 11 is 0. The number of benzene rings is 3. The highest BCUT2D eigenvalue weighted by atomic mass is 16.5. The van der Waals surface area contributed by atoms with Gasteiger partial charge in [0.05, 0.1) is 26.1 Å². The number of carbonyl (C=O) groups excluding carboxylic acids is 1. The van der Waals surface area contributed by atoms with E-state index in [0.29, 0.717) is 39.9 Å². The molecular weight excluding hydrogens is 518 g/mol. The molecule has 204 valence electrons. The van der Waals surface area contributed by atoms with Gasteiger partial charge in [0.25, 0.3) is 5.91 Å². The normalized spacial score (nSPS) is 10.9. The van der Waals surface area contributed by atoms with Crippen molar-refractivity contribution in [2.75, 3.05) is 24.9 Å². The molecular formula is C31H27N7O3. The van der Waals surface area contributed by atoms with Crippen molar-refractivity contribution in [1.82, 2.24) is 24.6 Å². The molecule has 0 aliphatic rings. The predicted octanol–water partition coefficient (Wildman–Crippen LogP) is 6.11. The van der Waals surface area contributed by atoms with Crippen LogP contribution in [0.5, 0.6) is 11.5 Å². The second-order valence-corrected chi connectivity index (χ2v) is 9.38. The number of nitrogens with one attached hydrogen (secondary N) is 3. The van der Waals surface area contributed by atoms with Crippen LogP contribution in [0.2, 0.25) is 0 Å². The Kier molecular flexibility index (Phi) is 6.78. The minimum atomic E-state index is -0.213. The molecule has 10 heteroatoms. The molecule has 0 spiro atoms. The summed E-state index contributed by atoms with van der Waals surface area (Å²) in [6, 6.07) is 18.7. The monoisotopic (exact) mass is 545 g/mol. The molecule has 0 fully saturated rings. The van der Waals surface area contributed by atoms with Gasteiger partial charge in [0.15, 0.2) is 23.0 Å². The Morgan fingerprint density at radius 3 is 2.59 bits per heavy atom. The minimum absolute atomic E-state index is 0.213. The van der Waals surface area contributed by atoms with Crippen molar-refractivity contribution in [3.63, 3.8) is 0 Å². The molecule has 0 unspecified atom stereocenters. The summed E-state index contributed by atoms with van der Waals surface area (Å²) in [5.74, 6) is 1.57. The second kappa shape index (κ2) is 10.9. The lowest BCUT2D eigenvalue weighted by atomic mass is 10.0. The van der Waals surface area contributed by atoms with E-state index in [2.05, 4.69) is 25.8 Å². The molecule has 6 rings (SSSR count). The number of rotatable bonds is 8. The number of hydrogen-bond acceptors (Lipinski definition) is 7. The number of anilines is 3. The summed E-state index contributed by atoms with van der Waals surface area (Å²) in [5.41, 5.74) is 7.19. The molecule has 10 nitrogen and oxygen atoms in total. The molecule has 3 aromatic heterocycles. The molecule has 0 atom stereocenters. The van der Waals surface area contributed by atoms with Crippen LogP contribution in [-0.2, 0) is 0 Å². The van der Waals surface area contributed by atoms with Gasteiger partial charge in [-0.2, -0.15) is 5.10 Å². The van der Waals surface area contributed by atoms with Crippen molar-refractivity contribution in [3.05, 3.63) is 103 Å². The molecule has 3 heterocycles. The van der Waals surface area contributed by atoms with Gasteiger partial charge in [-0.1, -0.05) is 18.2 Å². The highest BCUT2D eigenvalue weighted by molar-refractivity contribution is 6.05. The van der Waals surface area contributed by atoms with E-state index in [1.165, 1.54) is 0 Å². The van der Waals surface area contributed by atoms with E-state index in [9.17, 15) is 4.79 Å². The van der Waals surface area contributed by atoms with Gasteiger partial charge < -0.3 is 24.5 Å². The van der Waals surface area contributed by atoms with Gasteiger partial charge in [0.2, 0.25) is 0 Å². The zero-order valence-corrected chi connectivity index (χ0v) is 22.7. The van der Waals surface area contributed by atoms with Crippen molar-refractivity contribution in [3.8, 4) is 33.9 Å². The van der Waals surface area contributed by atoms with Gasteiger partial charge in [-0.15, -0.1) is 0 Å². The Labute approximate surface area is 236 Å². The maximum atomic E-state index is 13.2. The number of methoxy groups -OCH3 is 2. The predicted molar refractivity (Wildman–Crippen MR) is 158 cm³/mol. The van der Waals surface area contributed by atoms with Gasteiger partial charge in [0, 0.05) is 58.9 Å². The maximum Gasteiger partial charge on any atom is 0.255 e. The van der Waals surface area contributed by atoms with Crippen LogP contribution in [0, 0.1) is 6.92 Å². The van der Waals surface area contributed by atoms with Crippen molar-refractivity contribution in [2.45, 2.75) is 6.92 Å². The van der Waals surface area contributed by atoms with Crippen molar-refractivity contribution in [1.29, 1.82) is 0 Å². The molecule has 3 aromatic carbocycles. The largest absolute Gasteiger partial charge is 0.493 e. The van der Waals surface area contributed by atoms with E-state index in [1.54, 1.807) is 32.7 Å². The summed E-state index contributed by atoms with van der Waals surface area (Å²) in [5, 5.41) is 13.2. The van der Waals surface area contributed by atoms with Crippen molar-refractivity contribution < 1.29 is 14.3 Å². The Bertz CT molecular complexity index is 1860. The number of amides is 1. The van der Waals surface area contributed by atoms with Crippen LogP contribution in [0.15, 0.2) is 91.6 Å².